The van der Waals surface area contributed by atoms with E-state index in [-0.39, 0.29) is 5.75 Å². The zero-order valence-corrected chi connectivity index (χ0v) is 8.84. The van der Waals surface area contributed by atoms with Gasteiger partial charge >= 0.3 is 0 Å². The van der Waals surface area contributed by atoms with Crippen LogP contribution < -0.4 is 0 Å². The Morgan fingerprint density at radius 2 is 1.88 bits per heavy atom. The lowest BCUT2D eigenvalue weighted by atomic mass is 10.1. The molecule has 0 aliphatic rings. The number of carbonyl (C=O) groups is 1. The van der Waals surface area contributed by atoms with Crippen LogP contribution in [0.4, 0.5) is 0 Å². The van der Waals surface area contributed by atoms with Gasteiger partial charge in [-0.05, 0) is 48.9 Å². The predicted octanol–water partition coefficient (Wildman–Crippen LogP) is 2.58. The minimum Gasteiger partial charge on any atom is -0.508 e. The Balaban J connectivity index is 2.51. The van der Waals surface area contributed by atoms with Crippen LogP contribution in [0.2, 0.25) is 0 Å². The summed E-state index contributed by atoms with van der Waals surface area (Å²) >= 11 is 0. The Hall–Kier alpha value is -2.16. The largest absolute Gasteiger partial charge is 0.508 e. The summed E-state index contributed by atoms with van der Waals surface area (Å²) < 4.78 is 0. The molecule has 0 aliphatic carbocycles. The van der Waals surface area contributed by atoms with Gasteiger partial charge in [0, 0.05) is 5.56 Å². The Morgan fingerprint density at radius 1 is 1.19 bits per heavy atom. The number of hydrogen-bond donors (Lipinski definition) is 1. The first-order valence-electron chi connectivity index (χ1n) is 4.92. The molecule has 2 rings (SSSR count). The van der Waals surface area contributed by atoms with E-state index in [4.69, 9.17) is 0 Å². The number of aromatic hydroxyl groups is 1. The molecule has 0 fully saturated rings. The highest BCUT2D eigenvalue weighted by molar-refractivity contribution is 5.74. The third-order valence-corrected chi connectivity index (χ3v) is 2.27. The van der Waals surface area contributed by atoms with Crippen LogP contribution in [0.3, 0.4) is 0 Å². The van der Waals surface area contributed by atoms with Gasteiger partial charge < -0.3 is 5.11 Å². The second-order valence-electron chi connectivity index (χ2n) is 3.62. The van der Waals surface area contributed by atoms with Crippen molar-refractivity contribution in [3.8, 4) is 17.0 Å². The van der Waals surface area contributed by atoms with Crippen LogP contribution in [-0.2, 0) is 0 Å². The number of aryl methyl sites for hydroxylation is 1. The summed E-state index contributed by atoms with van der Waals surface area (Å²) in [7, 11) is 0. The van der Waals surface area contributed by atoms with Crippen molar-refractivity contribution in [3.05, 3.63) is 47.7 Å². The van der Waals surface area contributed by atoms with E-state index < -0.39 is 0 Å². The number of rotatable bonds is 2. The lowest BCUT2D eigenvalue weighted by Crippen LogP contribution is -1.91. The van der Waals surface area contributed by atoms with Gasteiger partial charge in [0.05, 0.1) is 5.69 Å². The third kappa shape index (κ3) is 2.08. The topological polar surface area (TPSA) is 50.2 Å². The number of carbonyl (C=O) groups excluding carboxylic acids is 1. The van der Waals surface area contributed by atoms with Crippen LogP contribution in [0.15, 0.2) is 36.4 Å². The Labute approximate surface area is 93.4 Å². The number of aldehydes is 1. The van der Waals surface area contributed by atoms with E-state index in [9.17, 15) is 9.90 Å². The summed E-state index contributed by atoms with van der Waals surface area (Å²) in [5.74, 6) is 0.215. The third-order valence-electron chi connectivity index (χ3n) is 2.27. The van der Waals surface area contributed by atoms with Gasteiger partial charge in [-0.2, -0.15) is 0 Å². The number of phenolic OH excluding ortho intramolecular Hbond substituents is 1. The zero-order chi connectivity index (χ0) is 11.5. The highest BCUT2D eigenvalue weighted by Gasteiger charge is 2.02. The Morgan fingerprint density at radius 3 is 2.50 bits per heavy atom. The van der Waals surface area contributed by atoms with Crippen molar-refractivity contribution in [1.29, 1.82) is 0 Å². The summed E-state index contributed by atoms with van der Waals surface area (Å²) in [6.07, 6.45) is 0.733. The average molecular weight is 213 g/mol. The molecule has 80 valence electrons. The van der Waals surface area contributed by atoms with E-state index in [1.807, 2.05) is 13.0 Å². The van der Waals surface area contributed by atoms with Gasteiger partial charge in [-0.25, -0.2) is 4.98 Å². The first kappa shape index (κ1) is 10.4. The van der Waals surface area contributed by atoms with Crippen molar-refractivity contribution in [2.75, 3.05) is 0 Å². The lowest BCUT2D eigenvalue weighted by Gasteiger charge is -2.03. The van der Waals surface area contributed by atoms with E-state index in [1.54, 1.807) is 30.3 Å². The minimum absolute atomic E-state index is 0.215. The van der Waals surface area contributed by atoms with Crippen LogP contribution >= 0.6 is 0 Å². The van der Waals surface area contributed by atoms with Gasteiger partial charge in [0.2, 0.25) is 0 Å². The van der Waals surface area contributed by atoms with E-state index in [1.165, 1.54) is 0 Å². The summed E-state index contributed by atoms with van der Waals surface area (Å²) in [4.78, 5) is 14.9. The molecule has 0 amide bonds. The molecule has 0 saturated carbocycles. The standard InChI is InChI=1S/C13H11NO2/c1-9-6-11(8-15)14-13(7-9)10-2-4-12(16)5-3-10/h2-8,16H,1H3. The van der Waals surface area contributed by atoms with Crippen LogP contribution in [-0.4, -0.2) is 16.4 Å². The van der Waals surface area contributed by atoms with Crippen LogP contribution in [0, 0.1) is 6.92 Å². The van der Waals surface area contributed by atoms with Crippen molar-refractivity contribution < 1.29 is 9.90 Å². The van der Waals surface area contributed by atoms with Gasteiger partial charge in [0.25, 0.3) is 0 Å². The maximum atomic E-state index is 10.7. The number of nitrogens with zero attached hydrogens (tertiary/aromatic N) is 1. The fourth-order valence-electron chi connectivity index (χ4n) is 1.53. The van der Waals surface area contributed by atoms with Crippen molar-refractivity contribution in [3.63, 3.8) is 0 Å². The number of aromatic nitrogens is 1. The highest BCUT2D eigenvalue weighted by atomic mass is 16.3. The number of pyridine rings is 1. The maximum Gasteiger partial charge on any atom is 0.168 e. The summed E-state index contributed by atoms with van der Waals surface area (Å²) in [5, 5.41) is 9.18. The monoisotopic (exact) mass is 213 g/mol. The van der Waals surface area contributed by atoms with Gasteiger partial charge in [-0.1, -0.05) is 0 Å². The van der Waals surface area contributed by atoms with Crippen molar-refractivity contribution in [2.24, 2.45) is 0 Å². The molecule has 0 bridgehead atoms. The van der Waals surface area contributed by atoms with E-state index in [0.29, 0.717) is 5.69 Å². The first-order valence-corrected chi connectivity index (χ1v) is 4.92. The molecule has 1 aromatic heterocycles. The molecule has 0 saturated heterocycles. The molecular weight excluding hydrogens is 202 g/mol. The predicted molar refractivity (Wildman–Crippen MR) is 61.5 cm³/mol. The number of hydrogen-bond acceptors (Lipinski definition) is 3. The second kappa shape index (κ2) is 4.14. The van der Waals surface area contributed by atoms with Gasteiger partial charge in [-0.3, -0.25) is 4.79 Å². The van der Waals surface area contributed by atoms with Crippen LogP contribution in [0.25, 0.3) is 11.3 Å². The molecule has 1 heterocycles. The quantitative estimate of drug-likeness (QED) is 0.780. The molecule has 1 N–H and O–H groups in total. The fraction of sp³-hybridized carbons (Fsp3) is 0.0769. The smallest absolute Gasteiger partial charge is 0.168 e. The van der Waals surface area contributed by atoms with E-state index >= 15 is 0 Å². The second-order valence-corrected chi connectivity index (χ2v) is 3.62. The van der Waals surface area contributed by atoms with Gasteiger partial charge in [-0.15, -0.1) is 0 Å². The summed E-state index contributed by atoms with van der Waals surface area (Å²) in [6.45, 7) is 1.92. The fourth-order valence-corrected chi connectivity index (χ4v) is 1.53. The lowest BCUT2D eigenvalue weighted by molar-refractivity contribution is 0.111. The van der Waals surface area contributed by atoms with Gasteiger partial charge in [0.1, 0.15) is 11.4 Å². The van der Waals surface area contributed by atoms with Crippen molar-refractivity contribution in [1.82, 2.24) is 4.98 Å². The molecule has 0 spiro atoms. The normalized spacial score (nSPS) is 10.1. The average Bonchev–Trinajstić information content (AvgIpc) is 2.29. The molecule has 0 radical (unpaired) electrons. The van der Waals surface area contributed by atoms with Crippen LogP contribution in [0.5, 0.6) is 5.75 Å². The number of benzene rings is 1. The Kier molecular flexibility index (Phi) is 2.68. The SMILES string of the molecule is Cc1cc(C=O)nc(-c2ccc(O)cc2)c1. The van der Waals surface area contributed by atoms with Crippen molar-refractivity contribution >= 4 is 6.29 Å². The molecule has 0 unspecified atom stereocenters. The Bertz CT molecular complexity index is 518. The highest BCUT2D eigenvalue weighted by Crippen LogP contribution is 2.21. The molecule has 1 aromatic carbocycles. The summed E-state index contributed by atoms with van der Waals surface area (Å²) in [5.41, 5.74) is 3.02. The maximum absolute atomic E-state index is 10.7. The molecule has 3 heteroatoms. The van der Waals surface area contributed by atoms with Crippen LogP contribution in [0.1, 0.15) is 16.1 Å². The molecule has 0 aliphatic heterocycles. The van der Waals surface area contributed by atoms with Gasteiger partial charge in [0.15, 0.2) is 6.29 Å². The number of phenols is 1. The molecule has 16 heavy (non-hydrogen) atoms. The minimum atomic E-state index is 0.215. The molecule has 3 nitrogen and oxygen atoms in total. The molecule has 0 atom stereocenters. The first-order chi connectivity index (χ1) is 7.69. The molecule has 2 aromatic rings. The zero-order valence-electron chi connectivity index (χ0n) is 8.84. The summed E-state index contributed by atoms with van der Waals surface area (Å²) in [6, 6.07) is 10.4. The molecular formula is C13H11NO2. The van der Waals surface area contributed by atoms with E-state index in [2.05, 4.69) is 4.98 Å². The van der Waals surface area contributed by atoms with E-state index in [0.717, 1.165) is 23.1 Å². The van der Waals surface area contributed by atoms with Crippen molar-refractivity contribution in [2.45, 2.75) is 6.92 Å².